The second-order valence-electron chi connectivity index (χ2n) is 4.37. The van der Waals surface area contributed by atoms with Gasteiger partial charge in [0.2, 0.25) is 0 Å². The molecule has 0 spiro atoms. The molecule has 11 heteroatoms. The van der Waals surface area contributed by atoms with Crippen LogP contribution >= 0.6 is 11.9 Å². The van der Waals surface area contributed by atoms with E-state index in [-0.39, 0.29) is 10.6 Å². The van der Waals surface area contributed by atoms with Crippen molar-refractivity contribution >= 4 is 29.0 Å². The van der Waals surface area contributed by atoms with Gasteiger partial charge < -0.3 is 15.2 Å². The van der Waals surface area contributed by atoms with Crippen LogP contribution in [0.4, 0.5) is 34.6 Å². The lowest BCUT2D eigenvalue weighted by atomic mass is 10.2. The lowest BCUT2D eigenvalue weighted by molar-refractivity contribution is -0.384. The SMILES string of the molecule is Nc1cc(F)c(SNc2ccc(OC(F)(F)F)cc2)cc1[N+](=O)[O-]. The standard InChI is InChI=1S/C13H9F4N3O3S/c14-9-5-10(18)11(20(21)22)6-12(9)24-19-7-1-3-8(4-2-7)23-13(15,16)17/h1-6,19H,18H2. The summed E-state index contributed by atoms with van der Waals surface area (Å²) in [4.78, 5) is 9.94. The molecule has 0 saturated heterocycles. The van der Waals surface area contributed by atoms with E-state index in [4.69, 9.17) is 5.73 Å². The van der Waals surface area contributed by atoms with E-state index in [1.165, 1.54) is 12.1 Å². The molecule has 0 atom stereocenters. The van der Waals surface area contributed by atoms with Crippen molar-refractivity contribution < 1.29 is 27.2 Å². The molecule has 0 fully saturated rings. The number of hydrogen-bond acceptors (Lipinski definition) is 6. The number of alkyl halides is 3. The van der Waals surface area contributed by atoms with Crippen LogP contribution in [-0.2, 0) is 0 Å². The van der Waals surface area contributed by atoms with E-state index in [0.717, 1.165) is 24.3 Å². The number of halogens is 4. The Labute approximate surface area is 136 Å². The highest BCUT2D eigenvalue weighted by Gasteiger charge is 2.30. The van der Waals surface area contributed by atoms with Gasteiger partial charge >= 0.3 is 6.36 Å². The number of nitrogens with one attached hydrogen (secondary N) is 1. The minimum atomic E-state index is -4.80. The molecule has 0 aliphatic heterocycles. The molecule has 0 radical (unpaired) electrons. The highest BCUT2D eigenvalue weighted by molar-refractivity contribution is 8.00. The molecule has 0 aliphatic rings. The van der Waals surface area contributed by atoms with Gasteiger partial charge in [-0.15, -0.1) is 13.2 Å². The Morgan fingerprint density at radius 2 is 1.83 bits per heavy atom. The predicted molar refractivity (Wildman–Crippen MR) is 80.1 cm³/mol. The van der Waals surface area contributed by atoms with E-state index >= 15 is 0 Å². The van der Waals surface area contributed by atoms with Crippen LogP contribution in [0.25, 0.3) is 0 Å². The van der Waals surface area contributed by atoms with E-state index in [1.807, 2.05) is 0 Å². The molecule has 0 unspecified atom stereocenters. The topological polar surface area (TPSA) is 90.4 Å². The Hall–Kier alpha value is -2.69. The fourth-order valence-electron chi connectivity index (χ4n) is 1.63. The second kappa shape index (κ2) is 6.83. The summed E-state index contributed by atoms with van der Waals surface area (Å²) in [6.07, 6.45) is -4.80. The maximum atomic E-state index is 13.7. The zero-order valence-electron chi connectivity index (χ0n) is 11.6. The first kappa shape index (κ1) is 17.7. The molecule has 0 saturated carbocycles. The van der Waals surface area contributed by atoms with E-state index in [0.29, 0.717) is 17.6 Å². The highest BCUT2D eigenvalue weighted by Crippen LogP contribution is 2.32. The lowest BCUT2D eigenvalue weighted by Crippen LogP contribution is -2.16. The monoisotopic (exact) mass is 363 g/mol. The number of anilines is 2. The van der Waals surface area contributed by atoms with Gasteiger partial charge in [-0.2, -0.15) is 0 Å². The van der Waals surface area contributed by atoms with Gasteiger partial charge in [-0.05, 0) is 36.2 Å². The van der Waals surface area contributed by atoms with E-state index < -0.39 is 28.5 Å². The molecule has 0 heterocycles. The van der Waals surface area contributed by atoms with Gasteiger partial charge in [-0.3, -0.25) is 10.1 Å². The van der Waals surface area contributed by atoms with Crippen molar-refractivity contribution in [2.75, 3.05) is 10.5 Å². The summed E-state index contributed by atoms with van der Waals surface area (Å²) in [6, 6.07) is 6.47. The zero-order valence-corrected chi connectivity index (χ0v) is 12.5. The molecule has 3 N–H and O–H groups in total. The number of ether oxygens (including phenoxy) is 1. The number of nitro benzene ring substituents is 1. The Morgan fingerprint density at radius 3 is 2.38 bits per heavy atom. The maximum absolute atomic E-state index is 13.7. The number of nitrogens with zero attached hydrogens (tertiary/aromatic N) is 1. The minimum Gasteiger partial charge on any atom is -0.406 e. The average Bonchev–Trinajstić information content (AvgIpc) is 2.46. The normalized spacial score (nSPS) is 11.2. The molecule has 2 aromatic rings. The van der Waals surface area contributed by atoms with Crippen LogP contribution < -0.4 is 15.2 Å². The quantitative estimate of drug-likeness (QED) is 0.270. The Kier molecular flexibility index (Phi) is 5.02. The smallest absolute Gasteiger partial charge is 0.406 e. The number of rotatable bonds is 5. The lowest BCUT2D eigenvalue weighted by Gasteiger charge is -2.10. The van der Waals surface area contributed by atoms with Gasteiger partial charge in [0.1, 0.15) is 17.3 Å². The highest BCUT2D eigenvalue weighted by atomic mass is 32.2. The Bertz CT molecular complexity index is 753. The molecule has 2 aromatic carbocycles. The van der Waals surface area contributed by atoms with Crippen LogP contribution in [0.5, 0.6) is 5.75 Å². The number of nitro groups is 1. The van der Waals surface area contributed by atoms with Crippen molar-refractivity contribution in [1.29, 1.82) is 0 Å². The van der Waals surface area contributed by atoms with Crippen molar-refractivity contribution in [3.63, 3.8) is 0 Å². The molecule has 0 bridgehead atoms. The Morgan fingerprint density at radius 1 is 1.21 bits per heavy atom. The summed E-state index contributed by atoms with van der Waals surface area (Å²) in [5.74, 6) is -1.18. The average molecular weight is 363 g/mol. The van der Waals surface area contributed by atoms with Crippen LogP contribution in [0, 0.1) is 15.9 Å². The van der Waals surface area contributed by atoms with Crippen molar-refractivity contribution in [2.45, 2.75) is 11.3 Å². The third-order valence-electron chi connectivity index (χ3n) is 2.64. The maximum Gasteiger partial charge on any atom is 0.573 e. The van der Waals surface area contributed by atoms with Gasteiger partial charge in [0, 0.05) is 17.8 Å². The summed E-state index contributed by atoms with van der Waals surface area (Å²) in [5.41, 5.74) is 4.93. The van der Waals surface area contributed by atoms with Crippen molar-refractivity contribution in [3.05, 3.63) is 52.3 Å². The summed E-state index contributed by atoms with van der Waals surface area (Å²) in [7, 11) is 0. The molecule has 0 aliphatic carbocycles. The van der Waals surface area contributed by atoms with Crippen LogP contribution in [0.15, 0.2) is 41.3 Å². The number of benzene rings is 2. The number of hydrogen-bond donors (Lipinski definition) is 2. The number of nitrogen functional groups attached to an aromatic ring is 1. The molecule has 128 valence electrons. The van der Waals surface area contributed by atoms with Gasteiger partial charge in [-0.25, -0.2) is 4.39 Å². The third-order valence-corrected chi connectivity index (χ3v) is 3.52. The first-order valence-electron chi connectivity index (χ1n) is 6.18. The van der Waals surface area contributed by atoms with Crippen LogP contribution in [0.3, 0.4) is 0 Å². The van der Waals surface area contributed by atoms with E-state index in [1.54, 1.807) is 0 Å². The van der Waals surface area contributed by atoms with Crippen LogP contribution in [0.2, 0.25) is 0 Å². The molecular formula is C13H9F4N3O3S. The van der Waals surface area contributed by atoms with Gasteiger partial charge in [0.15, 0.2) is 0 Å². The summed E-state index contributed by atoms with van der Waals surface area (Å²) in [5, 5.41) is 10.8. The minimum absolute atomic E-state index is 0.0912. The zero-order chi connectivity index (χ0) is 17.9. The fourth-order valence-corrected chi connectivity index (χ4v) is 2.32. The van der Waals surface area contributed by atoms with Crippen molar-refractivity contribution in [2.24, 2.45) is 0 Å². The molecule has 6 nitrogen and oxygen atoms in total. The van der Waals surface area contributed by atoms with Crippen molar-refractivity contribution in [1.82, 2.24) is 0 Å². The number of nitrogens with two attached hydrogens (primary N) is 1. The van der Waals surface area contributed by atoms with Gasteiger partial charge in [0.05, 0.1) is 9.82 Å². The summed E-state index contributed by atoms with van der Waals surface area (Å²) < 4.78 is 56.2. The van der Waals surface area contributed by atoms with Crippen LogP contribution in [-0.4, -0.2) is 11.3 Å². The van der Waals surface area contributed by atoms with E-state index in [9.17, 15) is 27.7 Å². The third kappa shape index (κ3) is 4.65. The van der Waals surface area contributed by atoms with E-state index in [2.05, 4.69) is 9.46 Å². The largest absolute Gasteiger partial charge is 0.573 e. The summed E-state index contributed by atoms with van der Waals surface area (Å²) in [6.45, 7) is 0. The molecule has 2 rings (SSSR count). The second-order valence-corrected chi connectivity index (χ2v) is 5.22. The molecule has 24 heavy (non-hydrogen) atoms. The van der Waals surface area contributed by atoms with Gasteiger partial charge in [0.25, 0.3) is 5.69 Å². The first-order valence-corrected chi connectivity index (χ1v) is 6.99. The summed E-state index contributed by atoms with van der Waals surface area (Å²) >= 11 is 0.711. The molecule has 0 aromatic heterocycles. The van der Waals surface area contributed by atoms with Gasteiger partial charge in [-0.1, -0.05) is 0 Å². The molecule has 0 amide bonds. The first-order chi connectivity index (χ1) is 11.2. The molecular weight excluding hydrogens is 354 g/mol. The predicted octanol–water partition coefficient (Wildman–Crippen LogP) is 4.33. The van der Waals surface area contributed by atoms with Crippen LogP contribution in [0.1, 0.15) is 0 Å². The van der Waals surface area contributed by atoms with Crippen molar-refractivity contribution in [3.8, 4) is 5.75 Å². The Balaban J connectivity index is 2.08. The fraction of sp³-hybridized carbons (Fsp3) is 0.0769.